The molecular weight excluding hydrogens is 276 g/mol. The minimum absolute atomic E-state index is 0.588. The van der Waals surface area contributed by atoms with Gasteiger partial charge in [0.15, 0.2) is 0 Å². The van der Waals surface area contributed by atoms with E-state index in [0.29, 0.717) is 5.41 Å². The molecule has 0 heterocycles. The second-order valence-corrected chi connectivity index (χ2v) is 8.61. The molecule has 23 heavy (non-hydrogen) atoms. The van der Waals surface area contributed by atoms with Crippen LogP contribution in [-0.2, 0) is 0 Å². The van der Waals surface area contributed by atoms with Crippen molar-refractivity contribution < 1.29 is 0 Å². The van der Waals surface area contributed by atoms with E-state index < -0.39 is 0 Å². The van der Waals surface area contributed by atoms with Crippen molar-refractivity contribution in [1.82, 2.24) is 0 Å². The van der Waals surface area contributed by atoms with Gasteiger partial charge in [0.1, 0.15) is 0 Å². The first-order valence-electron chi connectivity index (χ1n) is 11.1. The number of unbranched alkanes of at least 4 members (excludes halogenated alkanes) is 14. The first-order chi connectivity index (χ1) is 11.1. The van der Waals surface area contributed by atoms with Gasteiger partial charge in [-0.25, -0.2) is 0 Å². The Morgan fingerprint density at radius 3 is 0.957 bits per heavy atom. The second-order valence-electron chi connectivity index (χ2n) is 8.61. The van der Waals surface area contributed by atoms with Crippen molar-refractivity contribution in [3.05, 3.63) is 0 Å². The molecule has 0 amide bonds. The lowest BCUT2D eigenvalue weighted by Crippen LogP contribution is -2.11. The fraction of sp³-hybridized carbons (Fsp3) is 1.00. The fourth-order valence-electron chi connectivity index (χ4n) is 3.60. The molecule has 0 saturated heterocycles. The third kappa shape index (κ3) is 18.2. The minimum Gasteiger partial charge on any atom is -0.0654 e. The Morgan fingerprint density at radius 2 is 0.652 bits per heavy atom. The molecule has 0 atom stereocenters. The van der Waals surface area contributed by atoms with Crippen LogP contribution in [-0.4, -0.2) is 0 Å². The molecule has 0 spiro atoms. The highest BCUT2D eigenvalue weighted by molar-refractivity contribution is 4.68. The van der Waals surface area contributed by atoms with Gasteiger partial charge in [0, 0.05) is 0 Å². The van der Waals surface area contributed by atoms with Gasteiger partial charge in [-0.3, -0.25) is 0 Å². The lowest BCUT2D eigenvalue weighted by atomic mass is 9.82. The van der Waals surface area contributed by atoms with Gasteiger partial charge in [0.05, 0.1) is 0 Å². The number of rotatable bonds is 18. The number of hydrogen-bond acceptors (Lipinski definition) is 0. The van der Waals surface area contributed by atoms with Gasteiger partial charge in [-0.15, -0.1) is 0 Å². The topological polar surface area (TPSA) is 0 Å². The van der Waals surface area contributed by atoms with Crippen LogP contribution in [0.15, 0.2) is 0 Å². The first-order valence-corrected chi connectivity index (χ1v) is 11.1. The summed E-state index contributed by atoms with van der Waals surface area (Å²) in [4.78, 5) is 0. The molecule has 0 bridgehead atoms. The summed E-state index contributed by atoms with van der Waals surface area (Å²) in [6, 6.07) is 0. The van der Waals surface area contributed by atoms with E-state index in [4.69, 9.17) is 0 Å². The highest BCUT2D eigenvalue weighted by Crippen LogP contribution is 2.30. The molecule has 0 aliphatic heterocycles. The Hall–Kier alpha value is 0. The standard InChI is InChI=1S/C23H48/c1-5-7-9-11-13-14-15-16-18-20-22-23(3,4)21-19-17-12-10-8-6-2/h5-22H2,1-4H3. The summed E-state index contributed by atoms with van der Waals surface area (Å²) in [5.41, 5.74) is 0.588. The molecule has 0 rings (SSSR count). The van der Waals surface area contributed by atoms with E-state index in [9.17, 15) is 0 Å². The minimum atomic E-state index is 0.588. The lowest BCUT2D eigenvalue weighted by molar-refractivity contribution is 0.282. The maximum atomic E-state index is 2.49. The number of hydrogen-bond donors (Lipinski definition) is 0. The van der Waals surface area contributed by atoms with Crippen molar-refractivity contribution in [2.75, 3.05) is 0 Å². The largest absolute Gasteiger partial charge is 0.0654 e. The molecule has 0 radical (unpaired) electrons. The van der Waals surface area contributed by atoms with Crippen LogP contribution in [0.2, 0.25) is 0 Å². The predicted octanol–water partition coefficient (Wildman–Crippen LogP) is 9.07. The van der Waals surface area contributed by atoms with E-state index >= 15 is 0 Å². The van der Waals surface area contributed by atoms with Crippen LogP contribution < -0.4 is 0 Å². The van der Waals surface area contributed by atoms with Crippen molar-refractivity contribution in [3.8, 4) is 0 Å². The van der Waals surface area contributed by atoms with Gasteiger partial charge in [0.2, 0.25) is 0 Å². The Morgan fingerprint density at radius 1 is 0.391 bits per heavy atom. The smallest absolute Gasteiger partial charge is 0.0354 e. The normalized spacial score (nSPS) is 12.0. The van der Waals surface area contributed by atoms with Crippen LogP contribution in [0, 0.1) is 5.41 Å². The van der Waals surface area contributed by atoms with E-state index in [-0.39, 0.29) is 0 Å². The van der Waals surface area contributed by atoms with Crippen LogP contribution in [0.5, 0.6) is 0 Å². The summed E-state index contributed by atoms with van der Waals surface area (Å²) < 4.78 is 0. The van der Waals surface area contributed by atoms with Crippen molar-refractivity contribution >= 4 is 0 Å². The van der Waals surface area contributed by atoms with E-state index in [1.807, 2.05) is 0 Å². The molecule has 0 nitrogen and oxygen atoms in total. The average Bonchev–Trinajstić information content (AvgIpc) is 2.52. The Labute approximate surface area is 149 Å². The van der Waals surface area contributed by atoms with Crippen molar-refractivity contribution in [2.45, 2.75) is 143 Å². The summed E-state index contributed by atoms with van der Waals surface area (Å²) in [7, 11) is 0. The van der Waals surface area contributed by atoms with Crippen LogP contribution in [0.25, 0.3) is 0 Å². The van der Waals surface area contributed by atoms with Gasteiger partial charge in [0.25, 0.3) is 0 Å². The molecule has 0 N–H and O–H groups in total. The quantitative estimate of drug-likeness (QED) is 0.220. The molecule has 0 aliphatic rings. The summed E-state index contributed by atoms with van der Waals surface area (Å²) in [5, 5.41) is 0. The monoisotopic (exact) mass is 324 g/mol. The average molecular weight is 325 g/mol. The van der Waals surface area contributed by atoms with Crippen LogP contribution >= 0.6 is 0 Å². The Balaban J connectivity index is 3.31. The molecule has 0 unspecified atom stereocenters. The SMILES string of the molecule is CCCCCCCCCCCCC(C)(C)CCCCCCCC. The molecule has 0 heteroatoms. The van der Waals surface area contributed by atoms with Crippen molar-refractivity contribution in [2.24, 2.45) is 5.41 Å². The van der Waals surface area contributed by atoms with E-state index in [1.165, 1.54) is 116 Å². The van der Waals surface area contributed by atoms with E-state index in [1.54, 1.807) is 0 Å². The van der Waals surface area contributed by atoms with E-state index in [2.05, 4.69) is 27.7 Å². The Bertz CT molecular complexity index is 216. The van der Waals surface area contributed by atoms with Gasteiger partial charge in [-0.2, -0.15) is 0 Å². The van der Waals surface area contributed by atoms with E-state index in [0.717, 1.165) is 0 Å². The maximum absolute atomic E-state index is 2.49. The molecule has 0 aromatic rings. The van der Waals surface area contributed by atoms with Gasteiger partial charge in [-0.1, -0.05) is 130 Å². The van der Waals surface area contributed by atoms with Crippen LogP contribution in [0.1, 0.15) is 143 Å². The molecule has 0 fully saturated rings. The molecule has 0 aliphatic carbocycles. The summed E-state index contributed by atoms with van der Waals surface area (Å²) >= 11 is 0. The summed E-state index contributed by atoms with van der Waals surface area (Å²) in [6.45, 7) is 9.59. The second kappa shape index (κ2) is 16.8. The Kier molecular flexibility index (Phi) is 16.8. The highest BCUT2D eigenvalue weighted by atomic mass is 14.2. The molecule has 0 saturated carbocycles. The lowest BCUT2D eigenvalue weighted by Gasteiger charge is -2.24. The predicted molar refractivity (Wildman–Crippen MR) is 108 cm³/mol. The fourth-order valence-corrected chi connectivity index (χ4v) is 3.60. The zero-order valence-electron chi connectivity index (χ0n) is 17.2. The van der Waals surface area contributed by atoms with Crippen molar-refractivity contribution in [1.29, 1.82) is 0 Å². The van der Waals surface area contributed by atoms with Gasteiger partial charge >= 0.3 is 0 Å². The van der Waals surface area contributed by atoms with Crippen LogP contribution in [0.4, 0.5) is 0 Å². The van der Waals surface area contributed by atoms with Crippen LogP contribution in [0.3, 0.4) is 0 Å². The zero-order valence-corrected chi connectivity index (χ0v) is 17.2. The zero-order chi connectivity index (χ0) is 17.2. The van der Waals surface area contributed by atoms with Crippen molar-refractivity contribution in [3.63, 3.8) is 0 Å². The third-order valence-corrected chi connectivity index (χ3v) is 5.41. The highest BCUT2D eigenvalue weighted by Gasteiger charge is 2.16. The van der Waals surface area contributed by atoms with Gasteiger partial charge < -0.3 is 0 Å². The summed E-state index contributed by atoms with van der Waals surface area (Å²) in [5.74, 6) is 0. The molecule has 140 valence electrons. The van der Waals surface area contributed by atoms with Gasteiger partial charge in [-0.05, 0) is 18.3 Å². The molecule has 0 aromatic carbocycles. The third-order valence-electron chi connectivity index (χ3n) is 5.41. The maximum Gasteiger partial charge on any atom is -0.0354 e. The first kappa shape index (κ1) is 23.0. The molecule has 0 aromatic heterocycles. The molecular formula is C23H48. The summed E-state index contributed by atoms with van der Waals surface area (Å²) in [6.07, 6.45) is 26.1.